The highest BCUT2D eigenvalue weighted by molar-refractivity contribution is 5.83. The maximum Gasteiger partial charge on any atom is 0.244 e. The average Bonchev–Trinajstić information content (AvgIpc) is 3.29. The molecule has 1 saturated carbocycles. The van der Waals surface area contributed by atoms with Crippen molar-refractivity contribution in [1.82, 2.24) is 14.8 Å². The Morgan fingerprint density at radius 3 is 2.67 bits per heavy atom. The first kappa shape index (κ1) is 16.0. The summed E-state index contributed by atoms with van der Waals surface area (Å²) in [5.41, 5.74) is 0.953. The first-order valence-corrected chi connectivity index (χ1v) is 9.34. The van der Waals surface area contributed by atoms with Gasteiger partial charge in [-0.25, -0.2) is 0 Å². The van der Waals surface area contributed by atoms with Crippen molar-refractivity contribution in [2.24, 2.45) is 0 Å². The number of carbonyl (C=O) groups is 1. The van der Waals surface area contributed by atoms with Gasteiger partial charge in [0.25, 0.3) is 0 Å². The maximum absolute atomic E-state index is 13.4. The van der Waals surface area contributed by atoms with Crippen molar-refractivity contribution in [2.45, 2.75) is 50.2 Å². The second-order valence-electron chi connectivity index (χ2n) is 7.43. The SMILES string of the molecule is O=C(C(c1cccnc1)N1CCCC1)N1CCOC2(CCCC2)C1. The molecule has 5 nitrogen and oxygen atoms in total. The Morgan fingerprint density at radius 2 is 1.96 bits per heavy atom. The van der Waals surface area contributed by atoms with Crippen molar-refractivity contribution in [3.63, 3.8) is 0 Å². The molecule has 0 aromatic carbocycles. The van der Waals surface area contributed by atoms with Gasteiger partial charge < -0.3 is 9.64 Å². The van der Waals surface area contributed by atoms with Gasteiger partial charge in [-0.2, -0.15) is 0 Å². The minimum Gasteiger partial charge on any atom is -0.371 e. The summed E-state index contributed by atoms with van der Waals surface area (Å²) in [7, 11) is 0. The highest BCUT2D eigenvalue weighted by Crippen LogP contribution is 2.37. The molecule has 0 radical (unpaired) electrons. The lowest BCUT2D eigenvalue weighted by molar-refractivity contribution is -0.154. The standard InChI is InChI=1S/C19H27N3O2/c23-18(22-12-13-24-19(15-22)7-1-2-8-19)17(21-10-3-4-11-21)16-6-5-9-20-14-16/h5-6,9,14,17H,1-4,7-8,10-13,15H2. The third-order valence-corrected chi connectivity index (χ3v) is 5.81. The topological polar surface area (TPSA) is 45.7 Å². The third-order valence-electron chi connectivity index (χ3n) is 5.81. The van der Waals surface area contributed by atoms with Gasteiger partial charge in [0.05, 0.1) is 12.2 Å². The van der Waals surface area contributed by atoms with Crippen LogP contribution in [0.3, 0.4) is 0 Å². The normalized spacial score (nSPS) is 25.2. The van der Waals surface area contributed by atoms with Crippen LogP contribution in [0.5, 0.6) is 0 Å². The Kier molecular flexibility index (Phi) is 4.55. The number of amides is 1. The summed E-state index contributed by atoms with van der Waals surface area (Å²) in [5.74, 6) is 0.236. The number of morpholine rings is 1. The Balaban J connectivity index is 1.56. The smallest absolute Gasteiger partial charge is 0.244 e. The van der Waals surface area contributed by atoms with Crippen LogP contribution >= 0.6 is 0 Å². The Hall–Kier alpha value is -1.46. The zero-order valence-electron chi connectivity index (χ0n) is 14.3. The zero-order valence-corrected chi connectivity index (χ0v) is 14.3. The molecule has 2 aliphatic heterocycles. The summed E-state index contributed by atoms with van der Waals surface area (Å²) >= 11 is 0. The van der Waals surface area contributed by atoms with Crippen LogP contribution in [-0.2, 0) is 9.53 Å². The first-order valence-electron chi connectivity index (χ1n) is 9.34. The van der Waals surface area contributed by atoms with Crippen LogP contribution in [-0.4, -0.2) is 59.1 Å². The Labute approximate surface area is 144 Å². The van der Waals surface area contributed by atoms with E-state index in [-0.39, 0.29) is 17.6 Å². The van der Waals surface area contributed by atoms with E-state index in [9.17, 15) is 4.79 Å². The van der Waals surface area contributed by atoms with E-state index in [1.807, 2.05) is 18.3 Å². The number of carbonyl (C=O) groups excluding carboxylic acids is 1. The molecule has 130 valence electrons. The molecule has 1 aromatic heterocycles. The molecule has 1 spiro atoms. The van der Waals surface area contributed by atoms with E-state index in [1.165, 1.54) is 25.7 Å². The molecule has 24 heavy (non-hydrogen) atoms. The van der Waals surface area contributed by atoms with Gasteiger partial charge in [-0.1, -0.05) is 18.9 Å². The maximum atomic E-state index is 13.4. The first-order chi connectivity index (χ1) is 11.8. The molecule has 3 fully saturated rings. The molecule has 1 unspecified atom stereocenters. The molecule has 4 rings (SSSR count). The van der Waals surface area contributed by atoms with E-state index in [4.69, 9.17) is 4.74 Å². The van der Waals surface area contributed by atoms with Crippen LogP contribution in [0.4, 0.5) is 0 Å². The molecule has 1 amide bonds. The number of nitrogens with zero attached hydrogens (tertiary/aromatic N) is 3. The van der Waals surface area contributed by atoms with Gasteiger partial charge in [0.1, 0.15) is 6.04 Å². The van der Waals surface area contributed by atoms with Gasteiger partial charge in [0, 0.05) is 25.5 Å². The molecular formula is C19H27N3O2. The highest BCUT2D eigenvalue weighted by Gasteiger charge is 2.43. The lowest BCUT2D eigenvalue weighted by Gasteiger charge is -2.42. The molecule has 2 saturated heterocycles. The summed E-state index contributed by atoms with van der Waals surface area (Å²) in [6.07, 6.45) is 10.6. The quantitative estimate of drug-likeness (QED) is 0.854. The fourth-order valence-electron chi connectivity index (χ4n) is 4.57. The predicted octanol–water partition coefficient (Wildman–Crippen LogP) is 2.39. The van der Waals surface area contributed by atoms with Crippen LogP contribution < -0.4 is 0 Å². The van der Waals surface area contributed by atoms with E-state index in [2.05, 4.69) is 14.8 Å². The third kappa shape index (κ3) is 3.07. The molecule has 0 N–H and O–H groups in total. The largest absolute Gasteiger partial charge is 0.371 e. The second-order valence-corrected chi connectivity index (χ2v) is 7.43. The minimum atomic E-state index is -0.183. The van der Waals surface area contributed by atoms with E-state index in [1.54, 1.807) is 6.20 Å². The van der Waals surface area contributed by atoms with Crippen LogP contribution in [0.1, 0.15) is 50.1 Å². The van der Waals surface area contributed by atoms with E-state index < -0.39 is 0 Å². The van der Waals surface area contributed by atoms with Gasteiger partial charge in [0.2, 0.25) is 5.91 Å². The van der Waals surface area contributed by atoms with Crippen molar-refractivity contribution < 1.29 is 9.53 Å². The number of hydrogen-bond acceptors (Lipinski definition) is 4. The molecular weight excluding hydrogens is 302 g/mol. The monoisotopic (exact) mass is 329 g/mol. The summed E-state index contributed by atoms with van der Waals surface area (Å²) in [6, 6.07) is 3.79. The summed E-state index contributed by atoms with van der Waals surface area (Å²) in [5, 5.41) is 0. The number of likely N-dealkylation sites (tertiary alicyclic amines) is 1. The molecule has 0 bridgehead atoms. The summed E-state index contributed by atoms with van der Waals surface area (Å²) < 4.78 is 6.10. The lowest BCUT2D eigenvalue weighted by Crippen LogP contribution is -2.54. The van der Waals surface area contributed by atoms with Crippen LogP contribution in [0, 0.1) is 0 Å². The van der Waals surface area contributed by atoms with Gasteiger partial charge >= 0.3 is 0 Å². The Morgan fingerprint density at radius 1 is 1.17 bits per heavy atom. The van der Waals surface area contributed by atoms with Gasteiger partial charge in [0.15, 0.2) is 0 Å². The van der Waals surface area contributed by atoms with E-state index in [0.29, 0.717) is 13.2 Å². The number of rotatable bonds is 3. The average molecular weight is 329 g/mol. The zero-order chi connectivity index (χ0) is 16.4. The number of hydrogen-bond donors (Lipinski definition) is 0. The van der Waals surface area contributed by atoms with Crippen LogP contribution in [0.15, 0.2) is 24.5 Å². The molecule has 3 aliphatic rings. The van der Waals surface area contributed by atoms with Crippen molar-refractivity contribution in [1.29, 1.82) is 0 Å². The number of aromatic nitrogens is 1. The highest BCUT2D eigenvalue weighted by atomic mass is 16.5. The fourth-order valence-corrected chi connectivity index (χ4v) is 4.57. The predicted molar refractivity (Wildman–Crippen MR) is 91.5 cm³/mol. The molecule has 1 aliphatic carbocycles. The van der Waals surface area contributed by atoms with Crippen LogP contribution in [0.2, 0.25) is 0 Å². The molecule has 3 heterocycles. The summed E-state index contributed by atoms with van der Waals surface area (Å²) in [6.45, 7) is 4.15. The van der Waals surface area contributed by atoms with Crippen molar-refractivity contribution in [3.05, 3.63) is 30.1 Å². The fraction of sp³-hybridized carbons (Fsp3) is 0.684. The second kappa shape index (κ2) is 6.81. The van der Waals surface area contributed by atoms with Gasteiger partial charge in [-0.05, 0) is 50.4 Å². The van der Waals surface area contributed by atoms with E-state index >= 15 is 0 Å². The number of ether oxygens (including phenoxy) is 1. The van der Waals surface area contributed by atoms with Crippen LogP contribution in [0.25, 0.3) is 0 Å². The van der Waals surface area contributed by atoms with Gasteiger partial charge in [-0.15, -0.1) is 0 Å². The van der Waals surface area contributed by atoms with Gasteiger partial charge in [-0.3, -0.25) is 14.7 Å². The minimum absolute atomic E-state index is 0.0710. The Bertz CT molecular complexity index is 565. The lowest BCUT2D eigenvalue weighted by atomic mass is 9.98. The van der Waals surface area contributed by atoms with E-state index in [0.717, 1.165) is 38.0 Å². The van der Waals surface area contributed by atoms with Crippen molar-refractivity contribution in [3.8, 4) is 0 Å². The summed E-state index contributed by atoms with van der Waals surface area (Å²) in [4.78, 5) is 22.1. The molecule has 1 atom stereocenters. The number of pyridine rings is 1. The molecule has 1 aromatic rings. The molecule has 5 heteroatoms. The van der Waals surface area contributed by atoms with Crippen molar-refractivity contribution in [2.75, 3.05) is 32.8 Å². The van der Waals surface area contributed by atoms with Crippen molar-refractivity contribution >= 4 is 5.91 Å².